The molecule has 18 heteroatoms. The Hall–Kier alpha value is -4.70. The number of nitrogens with one attached hydrogen (secondary N) is 1. The van der Waals surface area contributed by atoms with Gasteiger partial charge in [0.15, 0.2) is 5.69 Å². The number of hydrogen-bond acceptors (Lipinski definition) is 7. The topological polar surface area (TPSA) is 125 Å². The summed E-state index contributed by atoms with van der Waals surface area (Å²) in [7, 11) is 0. The second-order valence-electron chi connectivity index (χ2n) is 10.8. The first-order valence-electron chi connectivity index (χ1n) is 14.0. The highest BCUT2D eigenvalue weighted by atomic mass is 35.5. The zero-order valence-corrected chi connectivity index (χ0v) is 25.6. The third kappa shape index (κ3) is 6.34. The van der Waals surface area contributed by atoms with E-state index >= 15 is 0 Å². The van der Waals surface area contributed by atoms with Crippen molar-refractivity contribution in [2.24, 2.45) is 5.92 Å². The molecule has 244 valence electrons. The maximum absolute atomic E-state index is 13.9. The molecule has 6 rings (SSSR count). The van der Waals surface area contributed by atoms with Gasteiger partial charge in [-0.15, -0.1) is 5.10 Å². The Bertz CT molecular complexity index is 2040. The second-order valence-corrected chi connectivity index (χ2v) is 11.6. The molecule has 0 aliphatic carbocycles. The molecule has 1 aliphatic heterocycles. The summed E-state index contributed by atoms with van der Waals surface area (Å²) in [5.74, 6) is -0.870. The van der Waals surface area contributed by atoms with Crippen molar-refractivity contribution >= 4 is 34.8 Å². The largest absolute Gasteiger partial charge is 0.436 e. The van der Waals surface area contributed by atoms with E-state index in [9.17, 15) is 31.5 Å². The molecule has 1 amide bonds. The van der Waals surface area contributed by atoms with Crippen LogP contribution in [0.15, 0.2) is 60.0 Å². The molecule has 5 heterocycles. The number of amides is 1. The Morgan fingerprint density at radius 1 is 1.04 bits per heavy atom. The first kappa shape index (κ1) is 32.2. The molecule has 0 saturated carbocycles. The average molecular weight is 694 g/mol. The standard InChI is InChI=1S/C29H22Cl2F5N9O2/c1-14-3-2-4-22(20-7-15(5-6-37-20)26-21(40-27(14)47)11-39-45(26)28(32)33)43-13-38-19(10-25(43)46)16-8-17(30)18(31)9-23(16)44-12-24(41-42-44)29(34,35)36/h5-14,22,28H,2-4H2,1H3,(H,40,47). The van der Waals surface area contributed by atoms with Gasteiger partial charge in [0.25, 0.3) is 5.56 Å². The van der Waals surface area contributed by atoms with E-state index in [2.05, 4.69) is 30.7 Å². The van der Waals surface area contributed by atoms with Crippen molar-refractivity contribution < 1.29 is 26.7 Å². The van der Waals surface area contributed by atoms with Gasteiger partial charge in [-0.05, 0) is 37.1 Å². The molecule has 11 nitrogen and oxygen atoms in total. The van der Waals surface area contributed by atoms with E-state index in [-0.39, 0.29) is 49.8 Å². The van der Waals surface area contributed by atoms with Gasteiger partial charge in [-0.25, -0.2) is 14.3 Å². The summed E-state index contributed by atoms with van der Waals surface area (Å²) in [6, 6.07) is 6.09. The first-order valence-corrected chi connectivity index (χ1v) is 14.8. The molecule has 1 aliphatic rings. The van der Waals surface area contributed by atoms with Crippen molar-refractivity contribution in [3.8, 4) is 28.2 Å². The number of fused-ring (bicyclic) bond motifs is 4. The highest BCUT2D eigenvalue weighted by Gasteiger charge is 2.35. The van der Waals surface area contributed by atoms with Gasteiger partial charge in [-0.1, -0.05) is 41.8 Å². The number of rotatable bonds is 4. The third-order valence-corrected chi connectivity index (χ3v) is 8.44. The van der Waals surface area contributed by atoms with Crippen molar-refractivity contribution in [3.05, 3.63) is 87.0 Å². The molecule has 2 atom stereocenters. The van der Waals surface area contributed by atoms with E-state index in [0.29, 0.717) is 35.8 Å². The maximum atomic E-state index is 13.9. The highest BCUT2D eigenvalue weighted by Crippen LogP contribution is 2.37. The molecule has 1 aromatic carbocycles. The Kier molecular flexibility index (Phi) is 8.57. The summed E-state index contributed by atoms with van der Waals surface area (Å²) in [6.07, 6.45) is 0.939. The van der Waals surface area contributed by atoms with Gasteiger partial charge in [0.2, 0.25) is 5.91 Å². The number of pyridine rings is 1. The predicted molar refractivity (Wildman–Crippen MR) is 160 cm³/mol. The summed E-state index contributed by atoms with van der Waals surface area (Å²) in [6.45, 7) is -1.30. The second kappa shape index (κ2) is 12.5. The minimum atomic E-state index is -4.76. The van der Waals surface area contributed by atoms with Crippen molar-refractivity contribution in [2.75, 3.05) is 5.32 Å². The van der Waals surface area contributed by atoms with Crippen LogP contribution in [-0.2, 0) is 11.0 Å². The number of anilines is 1. The van der Waals surface area contributed by atoms with Crippen LogP contribution in [0.4, 0.5) is 27.6 Å². The molecular weight excluding hydrogens is 672 g/mol. The van der Waals surface area contributed by atoms with Crippen LogP contribution in [0.2, 0.25) is 10.0 Å². The van der Waals surface area contributed by atoms with Crippen LogP contribution in [0.25, 0.3) is 28.2 Å². The molecule has 5 aromatic rings. The number of hydrogen-bond donors (Lipinski definition) is 1. The van der Waals surface area contributed by atoms with Crippen LogP contribution in [0.5, 0.6) is 0 Å². The fraction of sp³-hybridized carbons (Fsp3) is 0.276. The van der Waals surface area contributed by atoms with Crippen molar-refractivity contribution in [1.82, 2.24) is 39.3 Å². The van der Waals surface area contributed by atoms with Gasteiger partial charge >= 0.3 is 12.7 Å². The number of benzene rings is 1. The fourth-order valence-electron chi connectivity index (χ4n) is 5.34. The van der Waals surface area contributed by atoms with Crippen LogP contribution >= 0.6 is 23.2 Å². The third-order valence-electron chi connectivity index (χ3n) is 7.71. The summed E-state index contributed by atoms with van der Waals surface area (Å²) >= 11 is 12.4. The van der Waals surface area contributed by atoms with Gasteiger partial charge in [-0.3, -0.25) is 19.1 Å². The lowest BCUT2D eigenvalue weighted by atomic mass is 9.97. The number of carbonyl (C=O) groups is 1. The van der Waals surface area contributed by atoms with Gasteiger partial charge in [-0.2, -0.15) is 27.1 Å². The molecule has 2 unspecified atom stereocenters. The van der Waals surface area contributed by atoms with E-state index in [1.807, 2.05) is 0 Å². The molecule has 0 fully saturated rings. The molecule has 1 N–H and O–H groups in total. The fourth-order valence-corrected chi connectivity index (χ4v) is 5.66. The SMILES string of the molecule is CC1CCCC(n2cnc(-c3cc(Cl)c(Cl)cc3-n3cc(C(F)(F)F)nn3)cc2=O)c2cc(ccn2)-c2c(cnn2C(F)F)NC1=O. The summed E-state index contributed by atoms with van der Waals surface area (Å²) in [4.78, 5) is 35.5. The first-order chi connectivity index (χ1) is 22.3. The number of alkyl halides is 5. The summed E-state index contributed by atoms with van der Waals surface area (Å²) < 4.78 is 70.3. The molecule has 2 bridgehead atoms. The van der Waals surface area contributed by atoms with Gasteiger partial charge in [0, 0.05) is 29.3 Å². The van der Waals surface area contributed by atoms with Crippen LogP contribution in [-0.4, -0.2) is 45.2 Å². The Labute approximate surface area is 272 Å². The lowest BCUT2D eigenvalue weighted by Crippen LogP contribution is -2.27. The van der Waals surface area contributed by atoms with E-state index in [1.165, 1.54) is 41.4 Å². The normalized spacial score (nSPS) is 17.2. The van der Waals surface area contributed by atoms with E-state index in [1.54, 1.807) is 13.0 Å². The summed E-state index contributed by atoms with van der Waals surface area (Å²) in [5, 5.41) is 13.3. The van der Waals surface area contributed by atoms with Crippen LogP contribution in [0.1, 0.15) is 50.2 Å². The molecule has 0 saturated heterocycles. The van der Waals surface area contributed by atoms with Gasteiger partial charge in [0.05, 0.1) is 63.3 Å². The molecular formula is C29H22Cl2F5N9O2. The summed E-state index contributed by atoms with van der Waals surface area (Å²) in [5.41, 5.74) is -0.852. The lowest BCUT2D eigenvalue weighted by molar-refractivity contribution is -0.141. The Balaban J connectivity index is 1.44. The smallest absolute Gasteiger partial charge is 0.323 e. The Morgan fingerprint density at radius 3 is 2.51 bits per heavy atom. The monoisotopic (exact) mass is 693 g/mol. The lowest BCUT2D eigenvalue weighted by Gasteiger charge is -2.22. The van der Waals surface area contributed by atoms with Crippen LogP contribution < -0.4 is 10.9 Å². The number of nitrogens with zero attached hydrogens (tertiary/aromatic N) is 8. The van der Waals surface area contributed by atoms with Gasteiger partial charge < -0.3 is 5.32 Å². The van der Waals surface area contributed by atoms with Crippen LogP contribution in [0.3, 0.4) is 0 Å². The number of halogens is 7. The molecule has 0 spiro atoms. The Morgan fingerprint density at radius 2 is 1.81 bits per heavy atom. The zero-order valence-electron chi connectivity index (χ0n) is 24.1. The minimum absolute atomic E-state index is 0.0150. The van der Waals surface area contributed by atoms with E-state index < -0.39 is 35.9 Å². The van der Waals surface area contributed by atoms with Crippen LogP contribution in [0, 0.1) is 5.92 Å². The van der Waals surface area contributed by atoms with E-state index in [4.69, 9.17) is 23.2 Å². The van der Waals surface area contributed by atoms with Crippen molar-refractivity contribution in [1.29, 1.82) is 0 Å². The maximum Gasteiger partial charge on any atom is 0.436 e. The zero-order chi connectivity index (χ0) is 33.6. The molecule has 47 heavy (non-hydrogen) atoms. The highest BCUT2D eigenvalue weighted by molar-refractivity contribution is 6.42. The number of aromatic nitrogens is 8. The van der Waals surface area contributed by atoms with Gasteiger partial charge in [0.1, 0.15) is 0 Å². The predicted octanol–water partition coefficient (Wildman–Crippen LogP) is 6.82. The average Bonchev–Trinajstić information content (AvgIpc) is 3.69. The quantitative estimate of drug-likeness (QED) is 0.205. The molecule has 4 aromatic heterocycles. The van der Waals surface area contributed by atoms with Crippen molar-refractivity contribution in [3.63, 3.8) is 0 Å². The number of carbonyl (C=O) groups excluding carboxylic acids is 1. The molecule has 0 radical (unpaired) electrons. The minimum Gasteiger partial charge on any atom is -0.323 e. The van der Waals surface area contributed by atoms with Crippen molar-refractivity contribution in [2.45, 2.75) is 45.0 Å². The van der Waals surface area contributed by atoms with E-state index in [0.717, 1.165) is 10.9 Å².